The molecule has 0 heterocycles. The number of thioether (sulfide) groups is 1. The molecule has 2 rings (SSSR count). The van der Waals surface area contributed by atoms with E-state index in [1.807, 2.05) is 18.2 Å². The van der Waals surface area contributed by atoms with Gasteiger partial charge in [0.25, 0.3) is 0 Å². The molecule has 4 nitrogen and oxygen atoms in total. The number of nitrogens with zero attached hydrogens (tertiary/aromatic N) is 1. The number of nitrogens with two attached hydrogens (primary N) is 1. The second kappa shape index (κ2) is 7.04. The number of rotatable bonds is 5. The molecule has 0 saturated heterocycles. The lowest BCUT2D eigenvalue weighted by atomic mass is 10.1. The average molecular weight is 302 g/mol. The van der Waals surface area contributed by atoms with Gasteiger partial charge in [-0.1, -0.05) is 22.9 Å². The van der Waals surface area contributed by atoms with Gasteiger partial charge in [0.15, 0.2) is 5.84 Å². The van der Waals surface area contributed by atoms with E-state index in [4.69, 9.17) is 15.7 Å². The lowest BCUT2D eigenvalue weighted by Gasteiger charge is -2.10. The van der Waals surface area contributed by atoms with Crippen molar-refractivity contribution in [3.63, 3.8) is 0 Å². The molecule has 0 amide bonds. The standard InChI is InChI=1S/C16H18N2O2S/c1-11-4-3-5-14(8-11)21-10-13-9-12(16(17)18-19)6-7-15(13)20-2/h3-9,19H,10H2,1-2H3,(H2,17,18). The van der Waals surface area contributed by atoms with Crippen LogP contribution in [0.25, 0.3) is 0 Å². The fourth-order valence-corrected chi connectivity index (χ4v) is 2.97. The molecule has 0 spiro atoms. The van der Waals surface area contributed by atoms with Crippen molar-refractivity contribution in [3.05, 3.63) is 59.2 Å². The Kier molecular flexibility index (Phi) is 5.11. The molecular weight excluding hydrogens is 284 g/mol. The fourth-order valence-electron chi connectivity index (χ4n) is 1.97. The Morgan fingerprint density at radius 2 is 2.10 bits per heavy atom. The maximum atomic E-state index is 8.77. The van der Waals surface area contributed by atoms with Crippen molar-refractivity contribution in [3.8, 4) is 5.75 Å². The minimum Gasteiger partial charge on any atom is -0.496 e. The molecule has 0 radical (unpaired) electrons. The molecule has 0 aliphatic rings. The Morgan fingerprint density at radius 1 is 1.29 bits per heavy atom. The molecule has 0 fully saturated rings. The molecule has 2 aromatic carbocycles. The maximum absolute atomic E-state index is 8.77. The second-order valence-electron chi connectivity index (χ2n) is 4.62. The van der Waals surface area contributed by atoms with Gasteiger partial charge in [-0.15, -0.1) is 11.8 Å². The summed E-state index contributed by atoms with van der Waals surface area (Å²) >= 11 is 1.72. The summed E-state index contributed by atoms with van der Waals surface area (Å²) in [7, 11) is 1.64. The van der Waals surface area contributed by atoms with Crippen LogP contribution in [0.4, 0.5) is 0 Å². The number of methoxy groups -OCH3 is 1. The molecule has 5 heteroatoms. The lowest BCUT2D eigenvalue weighted by Crippen LogP contribution is -2.13. The Balaban J connectivity index is 2.21. The smallest absolute Gasteiger partial charge is 0.170 e. The van der Waals surface area contributed by atoms with E-state index in [1.54, 1.807) is 24.9 Å². The van der Waals surface area contributed by atoms with Crippen molar-refractivity contribution >= 4 is 17.6 Å². The Bertz CT molecular complexity index is 656. The quantitative estimate of drug-likeness (QED) is 0.292. The zero-order valence-corrected chi connectivity index (χ0v) is 12.9. The van der Waals surface area contributed by atoms with Crippen LogP contribution in [0.5, 0.6) is 5.75 Å². The molecule has 3 N–H and O–H groups in total. The molecule has 0 aliphatic heterocycles. The van der Waals surface area contributed by atoms with Crippen molar-refractivity contribution < 1.29 is 9.94 Å². The number of ether oxygens (including phenoxy) is 1. The fraction of sp³-hybridized carbons (Fsp3) is 0.188. The Hall–Kier alpha value is -2.14. The largest absolute Gasteiger partial charge is 0.496 e. The normalized spacial score (nSPS) is 11.4. The summed E-state index contributed by atoms with van der Waals surface area (Å²) in [6.45, 7) is 2.07. The molecule has 110 valence electrons. The van der Waals surface area contributed by atoms with Crippen LogP contribution in [-0.4, -0.2) is 18.2 Å². The summed E-state index contributed by atoms with van der Waals surface area (Å²) in [4.78, 5) is 1.20. The summed E-state index contributed by atoms with van der Waals surface area (Å²) in [6, 6.07) is 13.8. The highest BCUT2D eigenvalue weighted by Crippen LogP contribution is 2.29. The first-order chi connectivity index (χ1) is 10.1. The van der Waals surface area contributed by atoms with Crippen molar-refractivity contribution in [2.45, 2.75) is 17.6 Å². The van der Waals surface area contributed by atoms with Gasteiger partial charge in [0.1, 0.15) is 5.75 Å². The third-order valence-corrected chi connectivity index (χ3v) is 4.11. The summed E-state index contributed by atoms with van der Waals surface area (Å²) in [6.07, 6.45) is 0. The van der Waals surface area contributed by atoms with Crippen molar-refractivity contribution in [1.82, 2.24) is 0 Å². The minimum atomic E-state index is 0.0967. The average Bonchev–Trinajstić information content (AvgIpc) is 2.52. The minimum absolute atomic E-state index is 0.0967. The van der Waals surface area contributed by atoms with Crippen LogP contribution in [0.3, 0.4) is 0 Å². The molecule has 0 unspecified atom stereocenters. The van der Waals surface area contributed by atoms with Gasteiger partial charge in [-0.2, -0.15) is 0 Å². The Labute approximate surface area is 128 Å². The highest BCUT2D eigenvalue weighted by Gasteiger charge is 2.08. The van der Waals surface area contributed by atoms with E-state index in [-0.39, 0.29) is 5.84 Å². The molecule has 0 saturated carbocycles. The van der Waals surface area contributed by atoms with Gasteiger partial charge in [-0.3, -0.25) is 0 Å². The summed E-state index contributed by atoms with van der Waals surface area (Å²) in [5.41, 5.74) is 8.55. The van der Waals surface area contributed by atoms with E-state index in [2.05, 4.69) is 30.3 Å². The summed E-state index contributed by atoms with van der Waals surface area (Å²) in [5.74, 6) is 1.64. The summed E-state index contributed by atoms with van der Waals surface area (Å²) < 4.78 is 5.37. The van der Waals surface area contributed by atoms with Crippen LogP contribution in [0, 0.1) is 6.92 Å². The zero-order valence-electron chi connectivity index (χ0n) is 12.0. The number of oxime groups is 1. The van der Waals surface area contributed by atoms with Crippen LogP contribution in [0.15, 0.2) is 52.5 Å². The zero-order chi connectivity index (χ0) is 15.2. The molecule has 0 aromatic heterocycles. The van der Waals surface area contributed by atoms with Crippen molar-refractivity contribution in [1.29, 1.82) is 0 Å². The molecular formula is C16H18N2O2S. The third kappa shape index (κ3) is 3.92. The molecule has 0 aliphatic carbocycles. The van der Waals surface area contributed by atoms with Crippen LogP contribution in [0.2, 0.25) is 0 Å². The molecule has 0 bridgehead atoms. The van der Waals surface area contributed by atoms with Crippen LogP contribution < -0.4 is 10.5 Å². The molecule has 2 aromatic rings. The van der Waals surface area contributed by atoms with Gasteiger partial charge in [0.05, 0.1) is 7.11 Å². The van der Waals surface area contributed by atoms with Gasteiger partial charge < -0.3 is 15.7 Å². The topological polar surface area (TPSA) is 67.8 Å². The number of amidine groups is 1. The third-order valence-electron chi connectivity index (χ3n) is 3.07. The number of hydrogen-bond acceptors (Lipinski definition) is 4. The predicted molar refractivity (Wildman–Crippen MR) is 86.2 cm³/mol. The van der Waals surface area contributed by atoms with Crippen molar-refractivity contribution in [2.24, 2.45) is 10.9 Å². The van der Waals surface area contributed by atoms with Gasteiger partial charge in [0.2, 0.25) is 0 Å². The van der Waals surface area contributed by atoms with Gasteiger partial charge in [-0.05, 0) is 37.3 Å². The highest BCUT2D eigenvalue weighted by molar-refractivity contribution is 7.98. The predicted octanol–water partition coefficient (Wildman–Crippen LogP) is 3.39. The van der Waals surface area contributed by atoms with Gasteiger partial charge >= 0.3 is 0 Å². The van der Waals surface area contributed by atoms with E-state index in [0.717, 1.165) is 17.1 Å². The monoisotopic (exact) mass is 302 g/mol. The van der Waals surface area contributed by atoms with Crippen LogP contribution >= 0.6 is 11.8 Å². The summed E-state index contributed by atoms with van der Waals surface area (Å²) in [5, 5.41) is 11.8. The van der Waals surface area contributed by atoms with Crippen molar-refractivity contribution in [2.75, 3.05) is 7.11 Å². The second-order valence-corrected chi connectivity index (χ2v) is 5.67. The highest BCUT2D eigenvalue weighted by atomic mass is 32.2. The van der Waals surface area contributed by atoms with Gasteiger partial charge in [0, 0.05) is 21.8 Å². The van der Waals surface area contributed by atoms with E-state index in [9.17, 15) is 0 Å². The van der Waals surface area contributed by atoms with E-state index in [0.29, 0.717) is 5.56 Å². The first-order valence-corrected chi connectivity index (χ1v) is 7.47. The maximum Gasteiger partial charge on any atom is 0.170 e. The first kappa shape index (κ1) is 15.3. The van der Waals surface area contributed by atoms with Crippen LogP contribution in [0.1, 0.15) is 16.7 Å². The number of hydrogen-bond donors (Lipinski definition) is 2. The first-order valence-electron chi connectivity index (χ1n) is 6.48. The SMILES string of the molecule is COc1ccc(/C(N)=N/O)cc1CSc1cccc(C)c1. The van der Waals surface area contributed by atoms with E-state index < -0.39 is 0 Å². The molecule has 0 atom stereocenters. The van der Waals surface area contributed by atoms with Crippen LogP contribution in [-0.2, 0) is 5.75 Å². The molecule has 21 heavy (non-hydrogen) atoms. The van der Waals surface area contributed by atoms with Gasteiger partial charge in [-0.25, -0.2) is 0 Å². The lowest BCUT2D eigenvalue weighted by molar-refractivity contribution is 0.318. The number of benzene rings is 2. The Morgan fingerprint density at radius 3 is 2.76 bits per heavy atom. The van der Waals surface area contributed by atoms with E-state index in [1.165, 1.54) is 10.5 Å². The van der Waals surface area contributed by atoms with E-state index >= 15 is 0 Å². The number of aryl methyl sites for hydroxylation is 1.